The number of benzene rings is 1. The summed E-state index contributed by atoms with van der Waals surface area (Å²) in [4.78, 5) is 33.3. The average Bonchev–Trinajstić information content (AvgIpc) is 3.22. The van der Waals surface area contributed by atoms with E-state index in [-0.39, 0.29) is 18.2 Å². The summed E-state index contributed by atoms with van der Waals surface area (Å²) in [5.74, 6) is -0.455. The van der Waals surface area contributed by atoms with Gasteiger partial charge >= 0.3 is 0 Å². The van der Waals surface area contributed by atoms with Gasteiger partial charge in [0.25, 0.3) is 0 Å². The summed E-state index contributed by atoms with van der Waals surface area (Å²) in [7, 11) is 0. The maximum absolute atomic E-state index is 12.0. The summed E-state index contributed by atoms with van der Waals surface area (Å²) in [6.07, 6.45) is 5.02. The number of aryl methyl sites for hydroxylation is 1. The fourth-order valence-electron chi connectivity index (χ4n) is 2.07. The molecule has 2 aromatic heterocycles. The van der Waals surface area contributed by atoms with Gasteiger partial charge in [-0.25, -0.2) is 9.97 Å². The Labute approximate surface area is 158 Å². The highest BCUT2D eigenvalue weighted by Crippen LogP contribution is 2.19. The summed E-state index contributed by atoms with van der Waals surface area (Å²) in [5, 5.41) is 8.22. The molecule has 0 atom stereocenters. The third-order valence-corrected chi connectivity index (χ3v) is 4.85. The molecule has 2 amide bonds. The third-order valence-electron chi connectivity index (χ3n) is 3.22. The Balaban J connectivity index is 1.51. The molecule has 0 aliphatic rings. The number of carbonyl (C=O) groups is 2. The number of aromatic nitrogens is 2. The van der Waals surface area contributed by atoms with Crippen molar-refractivity contribution in [3.05, 3.63) is 64.1 Å². The number of amides is 2. The van der Waals surface area contributed by atoms with Crippen molar-refractivity contribution in [2.45, 2.75) is 13.3 Å². The lowest BCUT2D eigenvalue weighted by Gasteiger charge is -1.99. The fraction of sp³-hybridized carbons (Fsp3) is 0.111. The molecule has 0 saturated heterocycles. The van der Waals surface area contributed by atoms with Gasteiger partial charge < -0.3 is 5.32 Å². The van der Waals surface area contributed by atoms with Crippen LogP contribution >= 0.6 is 22.7 Å². The predicted molar refractivity (Wildman–Crippen MR) is 105 cm³/mol. The molecule has 0 unspecified atom stereocenters. The molecule has 0 aliphatic carbocycles. The Bertz CT molecular complexity index is 932. The molecule has 3 rings (SSSR count). The highest BCUT2D eigenvalue weighted by atomic mass is 32.1. The number of thiazole rings is 2. The molecule has 1 aromatic carbocycles. The molecule has 0 aliphatic heterocycles. The van der Waals surface area contributed by atoms with Gasteiger partial charge in [0, 0.05) is 22.5 Å². The second kappa shape index (κ2) is 8.50. The van der Waals surface area contributed by atoms with Crippen molar-refractivity contribution in [2.75, 3.05) is 10.6 Å². The second-order valence-electron chi connectivity index (χ2n) is 5.38. The van der Waals surface area contributed by atoms with Gasteiger partial charge in [-0.15, -0.1) is 22.7 Å². The molecule has 0 saturated carbocycles. The maximum atomic E-state index is 12.0. The van der Waals surface area contributed by atoms with Crippen LogP contribution in [0.2, 0.25) is 0 Å². The molecule has 2 N–H and O–H groups in total. The first-order valence-electron chi connectivity index (χ1n) is 7.79. The van der Waals surface area contributed by atoms with Crippen molar-refractivity contribution < 1.29 is 9.59 Å². The van der Waals surface area contributed by atoms with Crippen molar-refractivity contribution in [1.82, 2.24) is 9.97 Å². The van der Waals surface area contributed by atoms with Crippen LogP contribution in [0, 0.1) is 6.92 Å². The Morgan fingerprint density at radius 2 is 1.96 bits per heavy atom. The summed E-state index contributed by atoms with van der Waals surface area (Å²) in [5.41, 5.74) is 1.54. The maximum Gasteiger partial charge on any atom is 0.250 e. The van der Waals surface area contributed by atoms with Gasteiger partial charge in [-0.1, -0.05) is 30.3 Å². The van der Waals surface area contributed by atoms with Gasteiger partial charge in [0.1, 0.15) is 0 Å². The summed E-state index contributed by atoms with van der Waals surface area (Å²) >= 11 is 2.70. The van der Waals surface area contributed by atoms with Gasteiger partial charge in [0.2, 0.25) is 11.8 Å². The second-order valence-corrected chi connectivity index (χ2v) is 7.47. The third kappa shape index (κ3) is 5.33. The highest BCUT2D eigenvalue weighted by molar-refractivity contribution is 7.15. The largest absolute Gasteiger partial charge is 0.302 e. The van der Waals surface area contributed by atoms with Crippen molar-refractivity contribution in [2.24, 2.45) is 0 Å². The minimum Gasteiger partial charge on any atom is -0.302 e. The minimum absolute atomic E-state index is 0.130. The number of carbonyl (C=O) groups excluding carboxylic acids is 2. The molecule has 0 spiro atoms. The SMILES string of the molecule is Cc1cnc(NC(=O)Cc2csc(NC(=O)/C=C/c3ccccc3)n2)s1. The topological polar surface area (TPSA) is 84.0 Å². The van der Waals surface area contributed by atoms with Crippen LogP contribution in [0.3, 0.4) is 0 Å². The molecule has 0 radical (unpaired) electrons. The summed E-state index contributed by atoms with van der Waals surface area (Å²) < 4.78 is 0. The molecule has 0 fully saturated rings. The number of nitrogens with zero attached hydrogens (tertiary/aromatic N) is 2. The van der Waals surface area contributed by atoms with E-state index in [0.717, 1.165) is 10.4 Å². The van der Waals surface area contributed by atoms with Gasteiger partial charge in [-0.2, -0.15) is 0 Å². The molecule has 3 aromatic rings. The predicted octanol–water partition coefficient (Wildman–Crippen LogP) is 3.74. The number of nitrogens with one attached hydrogen (secondary N) is 2. The van der Waals surface area contributed by atoms with Crippen LogP contribution in [0.4, 0.5) is 10.3 Å². The van der Waals surface area contributed by atoms with Crippen molar-refractivity contribution in [3.8, 4) is 0 Å². The summed E-state index contributed by atoms with van der Waals surface area (Å²) in [6, 6.07) is 9.55. The summed E-state index contributed by atoms with van der Waals surface area (Å²) in [6.45, 7) is 1.93. The van der Waals surface area contributed by atoms with Crippen molar-refractivity contribution >= 4 is 50.8 Å². The van der Waals surface area contributed by atoms with E-state index in [0.29, 0.717) is 16.0 Å². The standard InChI is InChI=1S/C18H16N4O2S2/c1-12-10-19-17(26-12)22-16(24)9-14-11-25-18(20-14)21-15(23)8-7-13-5-3-2-4-6-13/h2-8,10-11H,9H2,1H3,(H,19,22,24)(H,20,21,23)/b8-7+. The molecule has 0 bridgehead atoms. The zero-order valence-corrected chi connectivity index (χ0v) is 15.6. The number of hydrogen-bond acceptors (Lipinski definition) is 6. The molecule has 8 heteroatoms. The Morgan fingerprint density at radius 1 is 1.15 bits per heavy atom. The van der Waals surface area contributed by atoms with Gasteiger partial charge in [0.15, 0.2) is 10.3 Å². The smallest absolute Gasteiger partial charge is 0.250 e. The van der Waals surface area contributed by atoms with Crippen LogP contribution in [0.5, 0.6) is 0 Å². The van der Waals surface area contributed by atoms with Crippen LogP contribution < -0.4 is 10.6 Å². The van der Waals surface area contributed by atoms with Crippen LogP contribution in [-0.4, -0.2) is 21.8 Å². The van der Waals surface area contributed by atoms with Crippen LogP contribution in [0.15, 0.2) is 48.0 Å². The molecule has 26 heavy (non-hydrogen) atoms. The van der Waals surface area contributed by atoms with E-state index in [1.54, 1.807) is 17.7 Å². The normalized spacial score (nSPS) is 10.8. The van der Waals surface area contributed by atoms with E-state index in [4.69, 9.17) is 0 Å². The molecular weight excluding hydrogens is 368 g/mol. The Hall–Kier alpha value is -2.84. The fourth-order valence-corrected chi connectivity index (χ4v) is 3.46. The van der Waals surface area contributed by atoms with Crippen molar-refractivity contribution in [1.29, 1.82) is 0 Å². The molecule has 6 nitrogen and oxygen atoms in total. The van der Waals surface area contributed by atoms with Crippen molar-refractivity contribution in [3.63, 3.8) is 0 Å². The first-order chi connectivity index (χ1) is 12.6. The average molecular weight is 384 g/mol. The van der Waals surface area contributed by atoms with E-state index in [1.165, 1.54) is 28.7 Å². The van der Waals surface area contributed by atoms with Gasteiger partial charge in [-0.3, -0.25) is 14.9 Å². The molecular formula is C18H16N4O2S2. The van der Waals surface area contributed by atoms with E-state index >= 15 is 0 Å². The zero-order chi connectivity index (χ0) is 18.4. The van der Waals surface area contributed by atoms with E-state index in [1.807, 2.05) is 37.3 Å². The molecule has 132 valence electrons. The first-order valence-corrected chi connectivity index (χ1v) is 9.49. The van der Waals surface area contributed by atoms with E-state index in [2.05, 4.69) is 20.6 Å². The quantitative estimate of drug-likeness (QED) is 0.634. The number of anilines is 2. The van der Waals surface area contributed by atoms with Gasteiger partial charge in [-0.05, 0) is 18.6 Å². The zero-order valence-electron chi connectivity index (χ0n) is 13.9. The first kappa shape index (κ1) is 18.0. The van der Waals surface area contributed by atoms with Crippen LogP contribution in [0.25, 0.3) is 6.08 Å². The van der Waals surface area contributed by atoms with Crippen LogP contribution in [0.1, 0.15) is 16.1 Å². The van der Waals surface area contributed by atoms with E-state index in [9.17, 15) is 9.59 Å². The lowest BCUT2D eigenvalue weighted by Crippen LogP contribution is -2.14. The number of rotatable bonds is 6. The highest BCUT2D eigenvalue weighted by Gasteiger charge is 2.10. The minimum atomic E-state index is -0.266. The van der Waals surface area contributed by atoms with Crippen LogP contribution in [-0.2, 0) is 16.0 Å². The lowest BCUT2D eigenvalue weighted by atomic mass is 10.2. The lowest BCUT2D eigenvalue weighted by molar-refractivity contribution is -0.115. The number of hydrogen-bond donors (Lipinski definition) is 2. The van der Waals surface area contributed by atoms with Gasteiger partial charge in [0.05, 0.1) is 12.1 Å². The Morgan fingerprint density at radius 3 is 2.69 bits per heavy atom. The Kier molecular flexibility index (Phi) is 5.88. The molecule has 2 heterocycles. The van der Waals surface area contributed by atoms with E-state index < -0.39 is 0 Å². The monoisotopic (exact) mass is 384 g/mol.